The maximum atomic E-state index is 13.5. The summed E-state index contributed by atoms with van der Waals surface area (Å²) in [6, 6.07) is 11.4. The normalized spacial score (nSPS) is 10.8. The van der Waals surface area contributed by atoms with Gasteiger partial charge in [-0.15, -0.1) is 0 Å². The van der Waals surface area contributed by atoms with Gasteiger partial charge in [0, 0.05) is 17.8 Å². The summed E-state index contributed by atoms with van der Waals surface area (Å²) in [7, 11) is 1.29. The van der Waals surface area contributed by atoms with Crippen molar-refractivity contribution in [1.29, 1.82) is 0 Å². The molecule has 0 aliphatic carbocycles. The van der Waals surface area contributed by atoms with Crippen LogP contribution in [0.15, 0.2) is 70.9 Å². The molecule has 4 amide bonds. The Morgan fingerprint density at radius 1 is 0.621 bits per heavy atom. The number of carboxylic acid groups (broad SMARTS) is 4. The third-order valence-electron chi connectivity index (χ3n) is 8.72. The minimum absolute atomic E-state index is 0.0677. The topological polar surface area (TPSA) is 314 Å². The van der Waals surface area contributed by atoms with Gasteiger partial charge in [-0.1, -0.05) is 13.8 Å². The molecule has 0 bridgehead atoms. The van der Waals surface area contributed by atoms with Crippen molar-refractivity contribution in [2.45, 2.75) is 39.7 Å². The lowest BCUT2D eigenvalue weighted by molar-refractivity contribution is 0.0676. The molecule has 4 aromatic carbocycles. The number of carbonyl (C=O) groups is 8. The first kappa shape index (κ1) is 42.8. The number of nitrogens with zero attached hydrogens (tertiary/aromatic N) is 2. The van der Waals surface area contributed by atoms with Gasteiger partial charge < -0.3 is 46.8 Å². The number of ether oxygens (including phenoxy) is 1. The molecule has 0 radical (unpaired) electrons. The van der Waals surface area contributed by atoms with Crippen LogP contribution in [0, 0.1) is 6.92 Å². The number of carboxylic acids is 4. The number of azo groups is 1. The van der Waals surface area contributed by atoms with Crippen LogP contribution < -0.4 is 26.4 Å². The number of nitrogens with one attached hydrogen (secondary N) is 3. The molecule has 4 rings (SSSR count). The van der Waals surface area contributed by atoms with Crippen molar-refractivity contribution in [3.63, 3.8) is 0 Å². The van der Waals surface area contributed by atoms with E-state index in [-0.39, 0.29) is 34.5 Å². The van der Waals surface area contributed by atoms with E-state index in [9.17, 15) is 58.8 Å². The molecule has 0 aliphatic heterocycles. The molecule has 0 saturated carbocycles. The predicted molar refractivity (Wildman–Crippen MR) is 205 cm³/mol. The highest BCUT2D eigenvalue weighted by Crippen LogP contribution is 2.35. The molecule has 4 aromatic rings. The third-order valence-corrected chi connectivity index (χ3v) is 8.72. The van der Waals surface area contributed by atoms with Crippen LogP contribution >= 0.6 is 0 Å². The number of nitrogens with two attached hydrogens (primary N) is 1. The average molecular weight is 797 g/mol. The SMILES string of the molecule is CCC(CC)NC(=O)c1cc(C(=O)O)c(C(=O)Nc2cc(C)c(N=Nc3ccc(NC(=O)c4cc(C(=O)O)c(C(N)=O)cc4C(=O)O)cc3)cc2OC)cc1C(=O)O. The molecule has 19 heteroatoms. The van der Waals surface area contributed by atoms with Gasteiger partial charge in [0.25, 0.3) is 17.7 Å². The number of carbonyl (C=O) groups excluding carboxylic acids is 4. The fourth-order valence-electron chi connectivity index (χ4n) is 5.59. The maximum Gasteiger partial charge on any atom is 0.336 e. The van der Waals surface area contributed by atoms with Crippen LogP contribution in [0.1, 0.15) is 115 Å². The summed E-state index contributed by atoms with van der Waals surface area (Å²) in [5.41, 5.74) is 1.86. The van der Waals surface area contributed by atoms with E-state index in [1.165, 1.54) is 43.5 Å². The monoisotopic (exact) mass is 796 g/mol. The van der Waals surface area contributed by atoms with Gasteiger partial charge in [-0.05, 0) is 79.9 Å². The summed E-state index contributed by atoms with van der Waals surface area (Å²) in [5, 5.41) is 54.9. The van der Waals surface area contributed by atoms with Gasteiger partial charge in [0.05, 0.1) is 68.7 Å². The quantitative estimate of drug-likeness (QED) is 0.0629. The average Bonchev–Trinajstić information content (AvgIpc) is 3.18. The molecule has 0 heterocycles. The smallest absolute Gasteiger partial charge is 0.336 e. The Labute approximate surface area is 328 Å². The number of primary amides is 1. The van der Waals surface area contributed by atoms with Crippen LogP contribution in [0.2, 0.25) is 0 Å². The van der Waals surface area contributed by atoms with Gasteiger partial charge in [-0.25, -0.2) is 19.2 Å². The Kier molecular flexibility index (Phi) is 13.4. The van der Waals surface area contributed by atoms with Gasteiger partial charge in [-0.3, -0.25) is 19.2 Å². The molecular weight excluding hydrogens is 760 g/mol. The number of methoxy groups -OCH3 is 1. The predicted octanol–water partition coefficient (Wildman–Crippen LogP) is 5.73. The molecule has 0 aliphatic rings. The second-order valence-electron chi connectivity index (χ2n) is 12.5. The van der Waals surface area contributed by atoms with Crippen LogP contribution in [-0.2, 0) is 0 Å². The minimum Gasteiger partial charge on any atom is -0.494 e. The fourth-order valence-corrected chi connectivity index (χ4v) is 5.59. The van der Waals surface area contributed by atoms with Gasteiger partial charge in [0.1, 0.15) is 5.75 Å². The summed E-state index contributed by atoms with van der Waals surface area (Å²) in [6.45, 7) is 5.27. The lowest BCUT2D eigenvalue weighted by atomic mass is 9.96. The Hall–Kier alpha value is -7.96. The zero-order valence-corrected chi connectivity index (χ0v) is 31.2. The highest BCUT2D eigenvalue weighted by molar-refractivity contribution is 6.16. The van der Waals surface area contributed by atoms with E-state index in [1.54, 1.807) is 6.92 Å². The first-order valence-electron chi connectivity index (χ1n) is 17.1. The summed E-state index contributed by atoms with van der Waals surface area (Å²) < 4.78 is 5.42. The number of anilines is 2. The molecular formula is C39H36N6O13. The van der Waals surface area contributed by atoms with Crippen molar-refractivity contribution in [1.82, 2.24) is 5.32 Å². The molecule has 19 nitrogen and oxygen atoms in total. The van der Waals surface area contributed by atoms with Crippen LogP contribution in [0.3, 0.4) is 0 Å². The second-order valence-corrected chi connectivity index (χ2v) is 12.5. The van der Waals surface area contributed by atoms with Gasteiger partial charge in [-0.2, -0.15) is 10.2 Å². The largest absolute Gasteiger partial charge is 0.494 e. The number of aryl methyl sites for hydroxylation is 1. The molecule has 300 valence electrons. The summed E-state index contributed by atoms with van der Waals surface area (Å²) >= 11 is 0. The highest BCUT2D eigenvalue weighted by atomic mass is 16.5. The van der Waals surface area contributed by atoms with Crippen molar-refractivity contribution >= 4 is 70.3 Å². The second kappa shape index (κ2) is 18.1. The van der Waals surface area contributed by atoms with E-state index in [2.05, 4.69) is 26.2 Å². The Morgan fingerprint density at radius 3 is 1.52 bits per heavy atom. The van der Waals surface area contributed by atoms with Crippen LogP contribution in [-0.4, -0.2) is 81.1 Å². The van der Waals surface area contributed by atoms with E-state index in [1.807, 2.05) is 13.8 Å². The zero-order chi connectivity index (χ0) is 43.0. The molecule has 0 spiro atoms. The third kappa shape index (κ3) is 9.63. The van der Waals surface area contributed by atoms with E-state index in [4.69, 9.17) is 10.5 Å². The van der Waals surface area contributed by atoms with Crippen molar-refractivity contribution in [2.24, 2.45) is 16.0 Å². The molecule has 58 heavy (non-hydrogen) atoms. The molecule has 0 atom stereocenters. The van der Waals surface area contributed by atoms with Gasteiger partial charge >= 0.3 is 23.9 Å². The number of rotatable bonds is 16. The Balaban J connectivity index is 1.57. The van der Waals surface area contributed by atoms with Gasteiger partial charge in [0.15, 0.2) is 0 Å². The molecule has 0 fully saturated rings. The fraction of sp³-hybridized carbons (Fsp3) is 0.179. The molecule has 0 aromatic heterocycles. The lowest BCUT2D eigenvalue weighted by Crippen LogP contribution is -2.35. The van der Waals surface area contributed by atoms with Crippen molar-refractivity contribution < 1.29 is 63.5 Å². The minimum atomic E-state index is -1.60. The van der Waals surface area contributed by atoms with Crippen LogP contribution in [0.4, 0.5) is 22.7 Å². The number of aromatic carboxylic acids is 4. The standard InChI is InChI=1S/C39H36N6O13/c1-5-18(6-2)41-33(47)23-14-28(39(56)57)24(15-27(23)38(54)55)35(49)43-30-11-17(3)29(16-31(30)58-4)45-44-20-9-7-19(8-10-20)42-34(48)22-13-25(36(50)51)21(32(40)46)12-26(22)37(52)53/h7-16,18H,5-6H2,1-4H3,(H2,40,46)(H,41,47)(H,42,48)(H,43,49)(H,50,51)(H,52,53)(H,54,55)(H,56,57). The van der Waals surface area contributed by atoms with E-state index >= 15 is 0 Å². The zero-order valence-electron chi connectivity index (χ0n) is 31.2. The Bertz CT molecular complexity index is 2400. The molecule has 0 unspecified atom stereocenters. The number of hydrogen-bond acceptors (Lipinski definition) is 11. The molecule has 9 N–H and O–H groups in total. The summed E-state index contributed by atoms with van der Waals surface area (Å²) in [4.78, 5) is 99.0. The summed E-state index contributed by atoms with van der Waals surface area (Å²) in [5.74, 6) is -10.3. The maximum absolute atomic E-state index is 13.5. The number of hydrogen-bond donors (Lipinski definition) is 8. The highest BCUT2D eigenvalue weighted by Gasteiger charge is 2.28. The van der Waals surface area contributed by atoms with Gasteiger partial charge in [0.2, 0.25) is 5.91 Å². The van der Waals surface area contributed by atoms with E-state index < -0.39 is 92.0 Å². The molecule has 0 saturated heterocycles. The first-order chi connectivity index (χ1) is 27.4. The van der Waals surface area contributed by atoms with E-state index in [0.717, 1.165) is 18.2 Å². The van der Waals surface area contributed by atoms with Crippen molar-refractivity contribution in [3.8, 4) is 5.75 Å². The first-order valence-corrected chi connectivity index (χ1v) is 17.1. The number of amides is 4. The summed E-state index contributed by atoms with van der Waals surface area (Å²) in [6.07, 6.45) is 1.09. The lowest BCUT2D eigenvalue weighted by Gasteiger charge is -2.17. The van der Waals surface area contributed by atoms with Crippen LogP contribution in [0.25, 0.3) is 0 Å². The number of benzene rings is 4. The van der Waals surface area contributed by atoms with Crippen LogP contribution in [0.5, 0.6) is 5.75 Å². The Morgan fingerprint density at radius 2 is 1.07 bits per heavy atom. The van der Waals surface area contributed by atoms with Crippen molar-refractivity contribution in [3.05, 3.63) is 111 Å². The van der Waals surface area contributed by atoms with Crippen molar-refractivity contribution in [2.75, 3.05) is 17.7 Å². The van der Waals surface area contributed by atoms with E-state index in [0.29, 0.717) is 24.5 Å².